The summed E-state index contributed by atoms with van der Waals surface area (Å²) < 4.78 is 26.6. The van der Waals surface area contributed by atoms with Gasteiger partial charge >= 0.3 is 0 Å². The molecule has 2 N–H and O–H groups in total. The van der Waals surface area contributed by atoms with E-state index in [4.69, 9.17) is 0 Å². The molecule has 0 spiro atoms. The van der Waals surface area contributed by atoms with Crippen LogP contribution in [-0.2, 0) is 22.2 Å². The molecule has 3 aromatic carbocycles. The minimum atomic E-state index is -3.50. The molecule has 0 saturated carbocycles. The van der Waals surface area contributed by atoms with E-state index >= 15 is 0 Å². The highest BCUT2D eigenvalue weighted by atomic mass is 32.2. The maximum atomic E-state index is 12.7. The maximum absolute atomic E-state index is 12.7. The molecule has 0 aromatic heterocycles. The summed E-state index contributed by atoms with van der Waals surface area (Å²) in [6.07, 6.45) is -0.00496. The predicted octanol–water partition coefficient (Wildman–Crippen LogP) is 1.83. The lowest BCUT2D eigenvalue weighted by Gasteiger charge is -2.29. The second-order valence-electron chi connectivity index (χ2n) is 9.30. The number of fused-ring (bicyclic) bond motifs is 1. The molecule has 32 heavy (non-hydrogen) atoms. The normalized spacial score (nSPS) is 13.5. The fraction of sp³-hybridized carbons (Fsp3) is 0.360. The standard InChI is InChI=1S/C25H33BN2O3S/c1-25(2,15-19-11-12-21-8-4-5-9-22(21)13-19)27-16-24(29)17-28(3)32(30,31)18-20-7-6-10-23(26)14-20/h4-14,24,27,29H,15-18,26H2,1-3H3. The van der Waals surface area contributed by atoms with E-state index in [1.807, 2.05) is 44.2 Å². The Labute approximate surface area is 192 Å². The second-order valence-corrected chi connectivity index (χ2v) is 11.4. The zero-order chi connectivity index (χ0) is 23.4. The molecular formula is C25H33BN2O3S. The van der Waals surface area contributed by atoms with Crippen LogP contribution >= 0.6 is 0 Å². The first-order chi connectivity index (χ1) is 15.0. The van der Waals surface area contributed by atoms with Crippen LogP contribution < -0.4 is 10.8 Å². The van der Waals surface area contributed by atoms with E-state index in [1.54, 1.807) is 0 Å². The average Bonchev–Trinajstić information content (AvgIpc) is 2.71. The van der Waals surface area contributed by atoms with Gasteiger partial charge < -0.3 is 10.4 Å². The van der Waals surface area contributed by atoms with Gasteiger partial charge in [-0.25, -0.2) is 12.7 Å². The van der Waals surface area contributed by atoms with Crippen molar-refractivity contribution in [2.24, 2.45) is 0 Å². The SMILES string of the molecule is Bc1cccc(CS(=O)(=O)N(C)CC(O)CNC(C)(C)Cc2ccc3ccccc3c2)c1. The van der Waals surface area contributed by atoms with Crippen molar-refractivity contribution in [2.75, 3.05) is 20.1 Å². The van der Waals surface area contributed by atoms with Gasteiger partial charge in [0.15, 0.2) is 0 Å². The van der Waals surface area contributed by atoms with Gasteiger partial charge in [0.05, 0.1) is 11.9 Å². The number of nitrogens with one attached hydrogen (secondary N) is 1. The number of aliphatic hydroxyl groups is 1. The summed E-state index contributed by atoms with van der Waals surface area (Å²) in [7, 11) is -0.0409. The van der Waals surface area contributed by atoms with E-state index < -0.39 is 16.1 Å². The summed E-state index contributed by atoms with van der Waals surface area (Å²) >= 11 is 0. The smallest absolute Gasteiger partial charge is 0.218 e. The molecule has 0 bridgehead atoms. The lowest BCUT2D eigenvalue weighted by atomic mass is 9.93. The van der Waals surface area contributed by atoms with Crippen molar-refractivity contribution in [2.45, 2.75) is 37.7 Å². The molecule has 0 aliphatic heterocycles. The van der Waals surface area contributed by atoms with E-state index in [1.165, 1.54) is 27.7 Å². The van der Waals surface area contributed by atoms with Crippen molar-refractivity contribution in [3.05, 3.63) is 77.9 Å². The molecule has 0 aliphatic rings. The highest BCUT2D eigenvalue weighted by Gasteiger charge is 2.24. The third kappa shape index (κ3) is 6.91. The van der Waals surface area contributed by atoms with Crippen molar-refractivity contribution >= 4 is 34.1 Å². The van der Waals surface area contributed by atoms with Crippen molar-refractivity contribution in [1.29, 1.82) is 0 Å². The molecule has 0 radical (unpaired) electrons. The van der Waals surface area contributed by atoms with Gasteiger partial charge in [-0.05, 0) is 42.2 Å². The molecule has 0 fully saturated rings. The van der Waals surface area contributed by atoms with Crippen molar-refractivity contribution in [3.63, 3.8) is 0 Å². The van der Waals surface area contributed by atoms with Gasteiger partial charge in [0.1, 0.15) is 7.85 Å². The molecule has 0 amide bonds. The van der Waals surface area contributed by atoms with Crippen LogP contribution in [0.1, 0.15) is 25.0 Å². The van der Waals surface area contributed by atoms with Gasteiger partial charge in [0, 0.05) is 25.7 Å². The Balaban J connectivity index is 1.53. The zero-order valence-corrected chi connectivity index (χ0v) is 20.2. The molecule has 7 heteroatoms. The van der Waals surface area contributed by atoms with Gasteiger partial charge in [0.25, 0.3) is 0 Å². The van der Waals surface area contributed by atoms with Gasteiger partial charge in [-0.2, -0.15) is 0 Å². The van der Waals surface area contributed by atoms with Gasteiger partial charge in [0.2, 0.25) is 10.0 Å². The molecule has 3 rings (SSSR count). The second kappa shape index (κ2) is 10.2. The highest BCUT2D eigenvalue weighted by molar-refractivity contribution is 7.88. The highest BCUT2D eigenvalue weighted by Crippen LogP contribution is 2.19. The van der Waals surface area contributed by atoms with Crippen LogP contribution in [0.3, 0.4) is 0 Å². The Morgan fingerprint density at radius 3 is 2.44 bits per heavy atom. The van der Waals surface area contributed by atoms with Crippen molar-refractivity contribution in [3.8, 4) is 0 Å². The number of hydrogen-bond acceptors (Lipinski definition) is 4. The van der Waals surface area contributed by atoms with Crippen LogP contribution in [0.25, 0.3) is 10.8 Å². The van der Waals surface area contributed by atoms with Crippen molar-refractivity contribution in [1.82, 2.24) is 9.62 Å². The van der Waals surface area contributed by atoms with E-state index in [0.717, 1.165) is 17.4 Å². The summed E-state index contributed by atoms with van der Waals surface area (Å²) in [5.74, 6) is -0.0706. The number of β-amino-alcohol motifs (C(OH)–C–C–N with tert-alkyl or cyclic N) is 1. The fourth-order valence-electron chi connectivity index (χ4n) is 3.91. The fourth-order valence-corrected chi connectivity index (χ4v) is 5.13. The Morgan fingerprint density at radius 1 is 1.00 bits per heavy atom. The maximum Gasteiger partial charge on any atom is 0.218 e. The molecule has 3 aromatic rings. The molecule has 1 atom stereocenters. The summed E-state index contributed by atoms with van der Waals surface area (Å²) in [5, 5.41) is 16.3. The van der Waals surface area contributed by atoms with Gasteiger partial charge in [-0.1, -0.05) is 72.2 Å². The lowest BCUT2D eigenvalue weighted by molar-refractivity contribution is 0.139. The largest absolute Gasteiger partial charge is 0.390 e. The molecule has 170 valence electrons. The first-order valence-corrected chi connectivity index (χ1v) is 12.6. The van der Waals surface area contributed by atoms with Crippen LogP contribution in [0, 0.1) is 0 Å². The molecular weight excluding hydrogens is 419 g/mol. The third-order valence-corrected chi connectivity index (χ3v) is 7.45. The van der Waals surface area contributed by atoms with E-state index in [0.29, 0.717) is 6.54 Å². The molecule has 5 nitrogen and oxygen atoms in total. The molecule has 0 saturated heterocycles. The quantitative estimate of drug-likeness (QED) is 0.461. The Kier molecular flexibility index (Phi) is 7.77. The number of rotatable bonds is 10. The predicted molar refractivity (Wildman–Crippen MR) is 136 cm³/mol. The first kappa shape index (κ1) is 24.5. The van der Waals surface area contributed by atoms with Crippen LogP contribution in [0.5, 0.6) is 0 Å². The topological polar surface area (TPSA) is 69.6 Å². The lowest BCUT2D eigenvalue weighted by Crippen LogP contribution is -2.47. The molecule has 1 unspecified atom stereocenters. The van der Waals surface area contributed by atoms with Crippen molar-refractivity contribution < 1.29 is 13.5 Å². The Morgan fingerprint density at radius 2 is 1.72 bits per heavy atom. The Hall–Kier alpha value is -2.19. The van der Waals surface area contributed by atoms with Crippen LogP contribution in [0.15, 0.2) is 66.7 Å². The van der Waals surface area contributed by atoms with Gasteiger partial charge in [-0.15, -0.1) is 0 Å². The summed E-state index contributed by atoms with van der Waals surface area (Å²) in [5.41, 5.74) is 2.75. The number of likely N-dealkylation sites (N-methyl/N-ethyl adjacent to an activating group) is 1. The number of hydrogen-bond donors (Lipinski definition) is 2. The number of sulfonamides is 1. The van der Waals surface area contributed by atoms with Crippen LogP contribution in [0.4, 0.5) is 0 Å². The monoisotopic (exact) mass is 452 g/mol. The molecule has 0 heterocycles. The summed E-state index contributed by atoms with van der Waals surface area (Å²) in [4.78, 5) is 0. The van der Waals surface area contributed by atoms with E-state index in [9.17, 15) is 13.5 Å². The summed E-state index contributed by atoms with van der Waals surface area (Å²) in [6, 6.07) is 22.2. The third-order valence-electron chi connectivity index (χ3n) is 5.65. The van der Waals surface area contributed by atoms with Crippen LogP contribution in [-0.4, -0.2) is 57.5 Å². The first-order valence-electron chi connectivity index (χ1n) is 10.9. The minimum Gasteiger partial charge on any atom is -0.390 e. The average molecular weight is 452 g/mol. The molecule has 0 aliphatic carbocycles. The number of nitrogens with zero attached hydrogens (tertiary/aromatic N) is 1. The Bertz CT molecular complexity index is 1160. The van der Waals surface area contributed by atoms with E-state index in [-0.39, 0.29) is 17.8 Å². The minimum absolute atomic E-state index is 0.0488. The van der Waals surface area contributed by atoms with Crippen LogP contribution in [0.2, 0.25) is 0 Å². The number of benzene rings is 3. The van der Waals surface area contributed by atoms with Gasteiger partial charge in [-0.3, -0.25) is 0 Å². The number of aliphatic hydroxyl groups excluding tert-OH is 1. The summed E-state index contributed by atoms with van der Waals surface area (Å²) in [6.45, 7) is 4.54. The zero-order valence-electron chi connectivity index (χ0n) is 19.4. The van der Waals surface area contributed by atoms with E-state index in [2.05, 4.69) is 49.5 Å².